The lowest BCUT2D eigenvalue weighted by molar-refractivity contribution is 0.393. The molecule has 0 unspecified atom stereocenters. The molecule has 2 aromatic carbocycles. The monoisotopic (exact) mass is 428 g/mol. The van der Waals surface area contributed by atoms with Crippen molar-refractivity contribution in [2.75, 3.05) is 13.7 Å². The van der Waals surface area contributed by atoms with Gasteiger partial charge in [-0.1, -0.05) is 25.5 Å². The number of fused-ring (bicyclic) bond motifs is 1. The van der Waals surface area contributed by atoms with Crippen LogP contribution >= 0.6 is 11.3 Å². The van der Waals surface area contributed by atoms with Crippen molar-refractivity contribution in [2.45, 2.75) is 37.6 Å². The molecule has 0 aliphatic carbocycles. The van der Waals surface area contributed by atoms with Crippen LogP contribution in [0.25, 0.3) is 10.6 Å². The van der Waals surface area contributed by atoms with Crippen molar-refractivity contribution in [3.8, 4) is 16.3 Å². The minimum absolute atomic E-state index is 0.362. The smallest absolute Gasteiger partial charge is 0.243 e. The molecule has 29 heavy (non-hydrogen) atoms. The fourth-order valence-electron chi connectivity index (χ4n) is 3.50. The molecule has 0 spiro atoms. The van der Waals surface area contributed by atoms with Crippen molar-refractivity contribution in [3.63, 3.8) is 0 Å². The summed E-state index contributed by atoms with van der Waals surface area (Å²) in [6.45, 7) is 2.95. The predicted octanol–water partition coefficient (Wildman–Crippen LogP) is 4.52. The summed E-state index contributed by atoms with van der Waals surface area (Å²) < 4.78 is 33.0. The Morgan fingerprint density at radius 2 is 1.83 bits per heavy atom. The first kappa shape index (κ1) is 20.1. The van der Waals surface area contributed by atoms with Crippen molar-refractivity contribution < 1.29 is 13.2 Å². The zero-order valence-corrected chi connectivity index (χ0v) is 18.2. The Balaban J connectivity index is 1.55. The zero-order chi connectivity index (χ0) is 20.4. The summed E-state index contributed by atoms with van der Waals surface area (Å²) in [6, 6.07) is 15.1. The largest absolute Gasteiger partial charge is 0.497 e. The highest BCUT2D eigenvalue weighted by Gasteiger charge is 2.30. The maximum absolute atomic E-state index is 13.1. The number of nitrogens with zero attached hydrogens (tertiary/aromatic N) is 2. The van der Waals surface area contributed by atoms with Gasteiger partial charge in [-0.05, 0) is 48.4 Å². The molecule has 0 bridgehead atoms. The number of hydrogen-bond acceptors (Lipinski definition) is 5. The van der Waals surface area contributed by atoms with E-state index in [9.17, 15) is 8.42 Å². The first-order valence-electron chi connectivity index (χ1n) is 9.73. The van der Waals surface area contributed by atoms with Crippen LogP contribution in [0.5, 0.6) is 5.75 Å². The van der Waals surface area contributed by atoms with Crippen LogP contribution in [-0.2, 0) is 29.4 Å². The molecule has 0 saturated heterocycles. The molecule has 3 aromatic rings. The third-order valence-corrected chi connectivity index (χ3v) is 8.12. The lowest BCUT2D eigenvalue weighted by atomic mass is 10.1. The maximum atomic E-state index is 13.1. The van der Waals surface area contributed by atoms with Gasteiger partial charge in [0.1, 0.15) is 10.8 Å². The Labute approximate surface area is 176 Å². The van der Waals surface area contributed by atoms with Gasteiger partial charge in [-0.25, -0.2) is 13.4 Å². The van der Waals surface area contributed by atoms with Crippen molar-refractivity contribution in [3.05, 3.63) is 64.7 Å². The molecule has 7 heteroatoms. The second-order valence-electron chi connectivity index (χ2n) is 7.10. The van der Waals surface area contributed by atoms with Gasteiger partial charge in [-0.3, -0.25) is 0 Å². The minimum Gasteiger partial charge on any atom is -0.497 e. The van der Waals surface area contributed by atoms with Gasteiger partial charge in [-0.2, -0.15) is 4.31 Å². The van der Waals surface area contributed by atoms with Gasteiger partial charge in [0, 0.05) is 23.4 Å². The Bertz CT molecular complexity index is 1090. The minimum atomic E-state index is -3.51. The molecule has 5 nitrogen and oxygen atoms in total. The number of aromatic nitrogens is 1. The van der Waals surface area contributed by atoms with Crippen LogP contribution in [0.4, 0.5) is 0 Å². The van der Waals surface area contributed by atoms with E-state index in [2.05, 4.69) is 6.92 Å². The van der Waals surface area contributed by atoms with Gasteiger partial charge in [-0.15, -0.1) is 11.3 Å². The number of hydrogen-bond donors (Lipinski definition) is 0. The average molecular weight is 429 g/mol. The predicted molar refractivity (Wildman–Crippen MR) is 116 cm³/mol. The molecule has 0 N–H and O–H groups in total. The van der Waals surface area contributed by atoms with E-state index in [0.29, 0.717) is 24.4 Å². The van der Waals surface area contributed by atoms with Gasteiger partial charge in [0.15, 0.2) is 0 Å². The molecule has 0 fully saturated rings. The number of ether oxygens (including phenoxy) is 1. The lowest BCUT2D eigenvalue weighted by Gasteiger charge is -2.25. The second kappa shape index (κ2) is 8.26. The number of rotatable bonds is 6. The van der Waals surface area contributed by atoms with Crippen LogP contribution < -0.4 is 4.74 Å². The Hall–Kier alpha value is -2.22. The number of aryl methyl sites for hydroxylation is 1. The standard InChI is InChI=1S/C22H24N2O3S2/c1-3-4-16-5-11-19(12-6-16)29(25,26)24-14-13-20-21(15-24)28-22(23-20)17-7-9-18(27-2)10-8-17/h5-12H,3-4,13-15H2,1-2H3. The van der Waals surface area contributed by atoms with Crippen molar-refractivity contribution in [1.82, 2.24) is 9.29 Å². The number of benzene rings is 2. The molecule has 1 aliphatic rings. The molecule has 0 atom stereocenters. The summed E-state index contributed by atoms with van der Waals surface area (Å²) in [5.41, 5.74) is 3.19. The molecule has 0 amide bonds. The molecule has 152 valence electrons. The fraction of sp³-hybridized carbons (Fsp3) is 0.318. The quantitative estimate of drug-likeness (QED) is 0.579. The van der Waals surface area contributed by atoms with E-state index in [4.69, 9.17) is 9.72 Å². The fourth-order valence-corrected chi connectivity index (χ4v) is 6.12. The van der Waals surface area contributed by atoms with Crippen LogP contribution in [-0.4, -0.2) is 31.4 Å². The molecular formula is C22H24N2O3S2. The topological polar surface area (TPSA) is 59.5 Å². The normalized spacial score (nSPS) is 14.6. The third-order valence-electron chi connectivity index (χ3n) is 5.13. The van der Waals surface area contributed by atoms with Gasteiger partial charge in [0.25, 0.3) is 0 Å². The lowest BCUT2D eigenvalue weighted by Crippen LogP contribution is -2.35. The van der Waals surface area contributed by atoms with E-state index in [0.717, 1.165) is 39.7 Å². The Morgan fingerprint density at radius 3 is 2.48 bits per heavy atom. The van der Waals surface area contributed by atoms with Crippen molar-refractivity contribution in [1.29, 1.82) is 0 Å². The number of methoxy groups -OCH3 is 1. The summed E-state index contributed by atoms with van der Waals surface area (Å²) >= 11 is 1.57. The molecule has 0 radical (unpaired) electrons. The summed E-state index contributed by atoms with van der Waals surface area (Å²) in [5.74, 6) is 0.803. The second-order valence-corrected chi connectivity index (χ2v) is 10.1. The van der Waals surface area contributed by atoms with Crippen LogP contribution in [0.3, 0.4) is 0 Å². The summed E-state index contributed by atoms with van der Waals surface area (Å²) in [6.07, 6.45) is 2.64. The highest BCUT2D eigenvalue weighted by molar-refractivity contribution is 7.89. The molecule has 1 aliphatic heterocycles. The van der Waals surface area contributed by atoms with Gasteiger partial charge in [0.2, 0.25) is 10.0 Å². The van der Waals surface area contributed by atoms with Crippen LogP contribution in [0, 0.1) is 0 Å². The summed E-state index contributed by atoms with van der Waals surface area (Å²) in [5, 5.41) is 0.917. The van der Waals surface area contributed by atoms with Gasteiger partial charge in [0.05, 0.1) is 24.2 Å². The van der Waals surface area contributed by atoms with E-state index >= 15 is 0 Å². The molecule has 1 aromatic heterocycles. The van der Waals surface area contributed by atoms with Crippen LogP contribution in [0.15, 0.2) is 53.4 Å². The highest BCUT2D eigenvalue weighted by Crippen LogP contribution is 2.34. The number of thiazole rings is 1. The summed E-state index contributed by atoms with van der Waals surface area (Å²) in [4.78, 5) is 6.14. The average Bonchev–Trinajstić information content (AvgIpc) is 3.18. The first-order chi connectivity index (χ1) is 14.0. The third kappa shape index (κ3) is 4.08. The molecule has 4 rings (SSSR count). The van der Waals surface area contributed by atoms with Crippen molar-refractivity contribution >= 4 is 21.4 Å². The van der Waals surface area contributed by atoms with Crippen LogP contribution in [0.2, 0.25) is 0 Å². The molecular weight excluding hydrogens is 404 g/mol. The highest BCUT2D eigenvalue weighted by atomic mass is 32.2. The van der Waals surface area contributed by atoms with E-state index in [1.807, 2.05) is 36.4 Å². The number of sulfonamides is 1. The van der Waals surface area contributed by atoms with Crippen molar-refractivity contribution in [2.24, 2.45) is 0 Å². The Morgan fingerprint density at radius 1 is 1.10 bits per heavy atom. The first-order valence-corrected chi connectivity index (χ1v) is 12.0. The SMILES string of the molecule is CCCc1ccc(S(=O)(=O)N2CCc3nc(-c4ccc(OC)cc4)sc3C2)cc1. The molecule has 2 heterocycles. The summed E-state index contributed by atoms with van der Waals surface area (Å²) in [7, 11) is -1.86. The van der Waals surface area contributed by atoms with Crippen LogP contribution in [0.1, 0.15) is 29.5 Å². The molecule has 0 saturated carbocycles. The van der Waals surface area contributed by atoms with E-state index in [-0.39, 0.29) is 0 Å². The van der Waals surface area contributed by atoms with Gasteiger partial charge < -0.3 is 4.74 Å². The van der Waals surface area contributed by atoms with E-state index in [1.54, 1.807) is 34.9 Å². The zero-order valence-electron chi connectivity index (χ0n) is 16.6. The van der Waals surface area contributed by atoms with Gasteiger partial charge >= 0.3 is 0 Å². The van der Waals surface area contributed by atoms with E-state index < -0.39 is 10.0 Å². The van der Waals surface area contributed by atoms with E-state index in [1.165, 1.54) is 5.56 Å². The Kier molecular flexibility index (Phi) is 5.72. The maximum Gasteiger partial charge on any atom is 0.243 e.